The van der Waals surface area contributed by atoms with Crippen LogP contribution >= 0.6 is 7.60 Å². The highest BCUT2D eigenvalue weighted by molar-refractivity contribution is 7.54. The number of hydrogen-bond donors (Lipinski definition) is 1. The van der Waals surface area contributed by atoms with E-state index in [4.69, 9.17) is 9.05 Å². The summed E-state index contributed by atoms with van der Waals surface area (Å²) >= 11 is 0. The molecule has 1 rings (SSSR count). The van der Waals surface area contributed by atoms with E-state index in [0.29, 0.717) is 12.0 Å². The molecule has 0 saturated carbocycles. The van der Waals surface area contributed by atoms with Crippen LogP contribution in [0, 0.1) is 0 Å². The van der Waals surface area contributed by atoms with Crippen molar-refractivity contribution in [2.24, 2.45) is 0 Å². The number of rotatable bonds is 10. The first-order chi connectivity index (χ1) is 10.6. The van der Waals surface area contributed by atoms with Crippen molar-refractivity contribution < 1.29 is 18.4 Å². The minimum atomic E-state index is -3.50. The van der Waals surface area contributed by atoms with Gasteiger partial charge in [0.05, 0.1) is 13.2 Å². The van der Waals surface area contributed by atoms with Crippen LogP contribution in [0.1, 0.15) is 38.0 Å². The molecule has 1 amide bonds. The lowest BCUT2D eigenvalue weighted by Crippen LogP contribution is -2.29. The zero-order valence-electron chi connectivity index (χ0n) is 13.2. The van der Waals surface area contributed by atoms with Crippen LogP contribution < -0.4 is 5.32 Å². The second kappa shape index (κ2) is 9.57. The van der Waals surface area contributed by atoms with E-state index in [1.54, 1.807) is 32.1 Å². The lowest BCUT2D eigenvalue weighted by Gasteiger charge is -2.27. The highest BCUT2D eigenvalue weighted by Crippen LogP contribution is 2.59. The summed E-state index contributed by atoms with van der Waals surface area (Å²) < 4.78 is 23.8. The molecule has 0 radical (unpaired) electrons. The third kappa shape index (κ3) is 5.41. The zero-order chi connectivity index (χ0) is 16.4. The average Bonchev–Trinajstić information content (AvgIpc) is 2.52. The Bertz CT molecular complexity index is 508. The van der Waals surface area contributed by atoms with Gasteiger partial charge >= 0.3 is 7.60 Å². The lowest BCUT2D eigenvalue weighted by molar-refractivity contribution is -0.121. The molecule has 1 N–H and O–H groups in total. The van der Waals surface area contributed by atoms with Gasteiger partial charge in [0.15, 0.2) is 5.78 Å². The Morgan fingerprint density at radius 2 is 1.86 bits per heavy atom. The maximum absolute atomic E-state index is 13.0. The molecule has 0 aromatic heterocycles. The number of amides is 1. The van der Waals surface area contributed by atoms with Gasteiger partial charge in [-0.25, -0.2) is 0 Å². The summed E-state index contributed by atoms with van der Waals surface area (Å²) in [6.45, 7) is 7.56. The van der Waals surface area contributed by atoms with Crippen molar-refractivity contribution in [3.63, 3.8) is 0 Å². The van der Waals surface area contributed by atoms with Crippen molar-refractivity contribution in [3.8, 4) is 0 Å². The number of carbonyl (C=O) groups excluding carboxylic acids is 1. The van der Waals surface area contributed by atoms with Crippen molar-refractivity contribution in [2.75, 3.05) is 13.2 Å². The second-order valence-corrected chi connectivity index (χ2v) is 6.70. The topological polar surface area (TPSA) is 64.6 Å². The standard InChI is InChI=1S/C16H24NO4P/c1-4-7-13-15(18)17-16(14-11-9-8-10-12-14)22(19,20-5-2)21-6-3/h4,8-12,16H,1,5-7,13H2,2-3H3,(H,17,18). The van der Waals surface area contributed by atoms with E-state index in [2.05, 4.69) is 11.9 Å². The van der Waals surface area contributed by atoms with Gasteiger partial charge in [-0.1, -0.05) is 36.4 Å². The molecule has 1 aromatic rings. The predicted octanol–water partition coefficient (Wildman–Crippen LogP) is 4.03. The molecule has 1 atom stereocenters. The summed E-state index contributed by atoms with van der Waals surface area (Å²) in [5, 5.41) is 2.78. The van der Waals surface area contributed by atoms with Crippen LogP contribution in [0.15, 0.2) is 43.0 Å². The monoisotopic (exact) mass is 325 g/mol. The Morgan fingerprint density at radius 1 is 1.27 bits per heavy atom. The van der Waals surface area contributed by atoms with E-state index in [-0.39, 0.29) is 25.5 Å². The number of allylic oxidation sites excluding steroid dienone is 1. The van der Waals surface area contributed by atoms with Gasteiger partial charge in [0.2, 0.25) is 5.91 Å². The zero-order valence-corrected chi connectivity index (χ0v) is 14.1. The van der Waals surface area contributed by atoms with Gasteiger partial charge in [0, 0.05) is 6.42 Å². The molecule has 1 unspecified atom stereocenters. The van der Waals surface area contributed by atoms with Crippen molar-refractivity contribution in [1.29, 1.82) is 0 Å². The molecule has 0 heterocycles. The van der Waals surface area contributed by atoms with Crippen molar-refractivity contribution >= 4 is 13.5 Å². The smallest absolute Gasteiger partial charge is 0.338 e. The van der Waals surface area contributed by atoms with E-state index in [1.165, 1.54) is 0 Å². The number of carbonyl (C=O) groups is 1. The Hall–Kier alpha value is -1.42. The molecular weight excluding hydrogens is 301 g/mol. The first kappa shape index (κ1) is 18.6. The molecule has 6 heteroatoms. The van der Waals surface area contributed by atoms with E-state index < -0.39 is 13.4 Å². The molecular formula is C16H24NO4P. The van der Waals surface area contributed by atoms with Gasteiger partial charge in [-0.3, -0.25) is 9.36 Å². The van der Waals surface area contributed by atoms with Crippen LogP contribution in [0.3, 0.4) is 0 Å². The van der Waals surface area contributed by atoms with Gasteiger partial charge in [-0.05, 0) is 25.8 Å². The molecule has 0 aliphatic heterocycles. The third-order valence-electron chi connectivity index (χ3n) is 2.92. The molecule has 0 fully saturated rings. The molecule has 0 saturated heterocycles. The largest absolute Gasteiger partial charge is 0.357 e. The fraction of sp³-hybridized carbons (Fsp3) is 0.438. The summed E-state index contributed by atoms with van der Waals surface area (Å²) in [6.07, 6.45) is 2.51. The number of hydrogen-bond acceptors (Lipinski definition) is 4. The Labute approximate surface area is 132 Å². The first-order valence-corrected chi connectivity index (χ1v) is 9.02. The van der Waals surface area contributed by atoms with Crippen LogP contribution in [-0.4, -0.2) is 19.1 Å². The lowest BCUT2D eigenvalue weighted by atomic mass is 10.2. The highest BCUT2D eigenvalue weighted by atomic mass is 31.2. The molecule has 0 aliphatic rings. The van der Waals surface area contributed by atoms with Crippen LogP contribution in [-0.2, 0) is 18.4 Å². The van der Waals surface area contributed by atoms with E-state index in [9.17, 15) is 9.36 Å². The van der Waals surface area contributed by atoms with Gasteiger partial charge in [-0.2, -0.15) is 0 Å². The minimum absolute atomic E-state index is 0.214. The van der Waals surface area contributed by atoms with E-state index in [1.807, 2.05) is 18.2 Å². The van der Waals surface area contributed by atoms with Gasteiger partial charge in [0.25, 0.3) is 0 Å². The van der Waals surface area contributed by atoms with Gasteiger partial charge in [-0.15, -0.1) is 6.58 Å². The summed E-state index contributed by atoms with van der Waals surface area (Å²) in [7, 11) is -3.50. The maximum atomic E-state index is 13.0. The molecule has 1 aromatic carbocycles. The minimum Gasteiger partial charge on any atom is -0.338 e. The van der Waals surface area contributed by atoms with Crippen molar-refractivity contribution in [2.45, 2.75) is 32.5 Å². The molecule has 0 aliphatic carbocycles. The SMILES string of the molecule is C=CCCC(=O)NC(c1ccccc1)P(=O)(OCC)OCC. The average molecular weight is 325 g/mol. The van der Waals surface area contributed by atoms with Crippen LogP contribution in [0.25, 0.3) is 0 Å². The van der Waals surface area contributed by atoms with Crippen molar-refractivity contribution in [3.05, 3.63) is 48.6 Å². The van der Waals surface area contributed by atoms with Crippen LogP contribution in [0.5, 0.6) is 0 Å². The third-order valence-corrected chi connectivity index (χ3v) is 5.22. The van der Waals surface area contributed by atoms with E-state index >= 15 is 0 Å². The quantitative estimate of drug-likeness (QED) is 0.521. The Balaban J connectivity index is 3.07. The fourth-order valence-electron chi connectivity index (χ4n) is 1.98. The number of benzene rings is 1. The molecule has 5 nitrogen and oxygen atoms in total. The summed E-state index contributed by atoms with van der Waals surface area (Å²) in [6, 6.07) is 9.08. The maximum Gasteiger partial charge on any atom is 0.357 e. The van der Waals surface area contributed by atoms with Crippen LogP contribution in [0.4, 0.5) is 0 Å². The fourth-order valence-corrected chi connectivity index (χ4v) is 3.92. The Kier molecular flexibility index (Phi) is 8.10. The molecule has 22 heavy (non-hydrogen) atoms. The first-order valence-electron chi connectivity index (χ1n) is 7.41. The molecule has 122 valence electrons. The molecule has 0 spiro atoms. The van der Waals surface area contributed by atoms with Gasteiger partial charge in [0.1, 0.15) is 0 Å². The normalized spacial score (nSPS) is 12.6. The van der Waals surface area contributed by atoms with E-state index in [0.717, 1.165) is 0 Å². The Morgan fingerprint density at radius 3 is 2.36 bits per heavy atom. The number of nitrogens with one attached hydrogen (secondary N) is 1. The van der Waals surface area contributed by atoms with Gasteiger partial charge < -0.3 is 14.4 Å². The predicted molar refractivity (Wildman–Crippen MR) is 87.6 cm³/mol. The summed E-state index contributed by atoms with van der Waals surface area (Å²) in [5.74, 6) is -1.03. The summed E-state index contributed by atoms with van der Waals surface area (Å²) in [4.78, 5) is 12.0. The van der Waals surface area contributed by atoms with Crippen LogP contribution in [0.2, 0.25) is 0 Å². The second-order valence-electron chi connectivity index (χ2n) is 4.58. The highest BCUT2D eigenvalue weighted by Gasteiger charge is 2.37. The summed E-state index contributed by atoms with van der Waals surface area (Å²) in [5.41, 5.74) is 0.694. The van der Waals surface area contributed by atoms with Crippen molar-refractivity contribution in [1.82, 2.24) is 5.32 Å². The molecule has 0 bridgehead atoms.